The van der Waals surface area contributed by atoms with Gasteiger partial charge >= 0.3 is 6.09 Å². The molecule has 0 atom stereocenters. The van der Waals surface area contributed by atoms with Gasteiger partial charge in [-0.2, -0.15) is 0 Å². The number of ether oxygens (including phenoxy) is 1. The SMILES string of the molecule is C=C.C=CC1=C(C)CC(=O)N1C1CCN(C(=O)OC(C)(C)C)CC1. The molecule has 2 rings (SSSR count). The van der Waals surface area contributed by atoms with Crippen molar-refractivity contribution in [1.82, 2.24) is 9.80 Å². The summed E-state index contributed by atoms with van der Waals surface area (Å²) in [5.41, 5.74) is 1.55. The van der Waals surface area contributed by atoms with Crippen molar-refractivity contribution in [2.75, 3.05) is 13.1 Å². The third kappa shape index (κ3) is 4.73. The molecule has 2 heterocycles. The second kappa shape index (κ2) is 8.18. The lowest BCUT2D eigenvalue weighted by atomic mass is 10.0. The summed E-state index contributed by atoms with van der Waals surface area (Å²) in [4.78, 5) is 27.9. The first-order valence-electron chi connectivity index (χ1n) is 8.35. The van der Waals surface area contributed by atoms with E-state index in [1.165, 1.54) is 0 Å². The lowest BCUT2D eigenvalue weighted by Gasteiger charge is -2.37. The van der Waals surface area contributed by atoms with Crippen molar-refractivity contribution in [3.05, 3.63) is 37.1 Å². The maximum Gasteiger partial charge on any atom is 0.410 e. The van der Waals surface area contributed by atoms with Gasteiger partial charge in [-0.3, -0.25) is 4.79 Å². The summed E-state index contributed by atoms with van der Waals surface area (Å²) in [5.74, 6) is 0.142. The van der Waals surface area contributed by atoms with Gasteiger partial charge in [0, 0.05) is 24.8 Å². The Bertz CT molecular complexity index is 523. The van der Waals surface area contributed by atoms with E-state index >= 15 is 0 Å². The number of rotatable bonds is 2. The van der Waals surface area contributed by atoms with Crippen LogP contribution in [0.4, 0.5) is 4.79 Å². The highest BCUT2D eigenvalue weighted by molar-refractivity contribution is 5.85. The van der Waals surface area contributed by atoms with Gasteiger partial charge in [0.25, 0.3) is 0 Å². The van der Waals surface area contributed by atoms with Gasteiger partial charge in [-0.1, -0.05) is 6.58 Å². The van der Waals surface area contributed by atoms with Gasteiger partial charge in [0.05, 0.1) is 6.42 Å². The highest BCUT2D eigenvalue weighted by Gasteiger charge is 2.35. The first kappa shape index (κ1) is 20.0. The van der Waals surface area contributed by atoms with E-state index in [1.54, 1.807) is 11.0 Å². The number of nitrogens with zero attached hydrogens (tertiary/aromatic N) is 2. The highest BCUT2D eigenvalue weighted by atomic mass is 16.6. The normalized spacial score (nSPS) is 19.1. The minimum absolute atomic E-state index is 0.142. The Morgan fingerprint density at radius 1 is 1.25 bits per heavy atom. The molecule has 134 valence electrons. The van der Waals surface area contributed by atoms with Crippen molar-refractivity contribution in [3.8, 4) is 0 Å². The molecule has 0 aromatic rings. The summed E-state index contributed by atoms with van der Waals surface area (Å²) in [6, 6.07) is 0.150. The van der Waals surface area contributed by atoms with Crippen molar-refractivity contribution in [2.24, 2.45) is 0 Å². The van der Waals surface area contributed by atoms with Gasteiger partial charge in [-0.05, 0) is 52.2 Å². The van der Waals surface area contributed by atoms with Crippen LogP contribution >= 0.6 is 0 Å². The summed E-state index contributed by atoms with van der Waals surface area (Å²) in [6.07, 6.45) is 3.52. The van der Waals surface area contributed by atoms with Crippen LogP contribution in [0.25, 0.3) is 0 Å². The highest BCUT2D eigenvalue weighted by Crippen LogP contribution is 2.31. The Morgan fingerprint density at radius 2 is 1.79 bits per heavy atom. The van der Waals surface area contributed by atoms with Crippen LogP contribution in [0.1, 0.15) is 47.0 Å². The van der Waals surface area contributed by atoms with Crippen molar-refractivity contribution in [3.63, 3.8) is 0 Å². The van der Waals surface area contributed by atoms with E-state index in [9.17, 15) is 9.59 Å². The van der Waals surface area contributed by atoms with E-state index in [1.807, 2.05) is 32.6 Å². The topological polar surface area (TPSA) is 49.9 Å². The van der Waals surface area contributed by atoms with E-state index in [-0.39, 0.29) is 18.0 Å². The maximum absolute atomic E-state index is 12.2. The van der Waals surface area contributed by atoms with Crippen LogP contribution in [0, 0.1) is 0 Å². The first-order chi connectivity index (χ1) is 11.2. The molecule has 0 saturated carbocycles. The zero-order valence-corrected chi connectivity index (χ0v) is 15.4. The van der Waals surface area contributed by atoms with Crippen LogP contribution in [-0.2, 0) is 9.53 Å². The molecule has 1 fully saturated rings. The fraction of sp³-hybridized carbons (Fsp3) is 0.579. The maximum atomic E-state index is 12.2. The van der Waals surface area contributed by atoms with Crippen molar-refractivity contribution in [2.45, 2.75) is 58.6 Å². The van der Waals surface area contributed by atoms with Crippen LogP contribution in [0.5, 0.6) is 0 Å². The fourth-order valence-corrected chi connectivity index (χ4v) is 3.05. The molecule has 0 N–H and O–H groups in total. The molecule has 0 unspecified atom stereocenters. The number of likely N-dealkylation sites (tertiary alicyclic amines) is 1. The van der Waals surface area contributed by atoms with E-state index in [4.69, 9.17) is 4.74 Å². The Labute approximate surface area is 145 Å². The van der Waals surface area contributed by atoms with E-state index in [0.29, 0.717) is 19.5 Å². The second-order valence-electron chi connectivity index (χ2n) is 7.01. The molecular formula is C19H30N2O3. The van der Waals surface area contributed by atoms with Crippen LogP contribution in [0.2, 0.25) is 0 Å². The molecule has 1 saturated heterocycles. The molecule has 0 aliphatic carbocycles. The number of hydrogen-bond donors (Lipinski definition) is 0. The van der Waals surface area contributed by atoms with Crippen molar-refractivity contribution in [1.29, 1.82) is 0 Å². The zero-order chi connectivity index (χ0) is 18.5. The minimum Gasteiger partial charge on any atom is -0.444 e. The van der Waals surface area contributed by atoms with Gasteiger partial charge in [0.1, 0.15) is 5.60 Å². The predicted octanol–water partition coefficient (Wildman–Crippen LogP) is 3.88. The molecule has 0 aromatic carbocycles. The molecule has 2 aliphatic rings. The summed E-state index contributed by atoms with van der Waals surface area (Å²) in [7, 11) is 0. The third-order valence-corrected chi connectivity index (χ3v) is 4.06. The van der Waals surface area contributed by atoms with Crippen LogP contribution in [0.3, 0.4) is 0 Å². The summed E-state index contributed by atoms with van der Waals surface area (Å²) >= 11 is 0. The second-order valence-corrected chi connectivity index (χ2v) is 7.01. The molecule has 2 amide bonds. The number of carbonyl (C=O) groups is 2. The minimum atomic E-state index is -0.477. The van der Waals surface area contributed by atoms with Crippen LogP contribution in [-0.4, -0.2) is 46.5 Å². The molecule has 0 bridgehead atoms. The van der Waals surface area contributed by atoms with Crippen LogP contribution in [0.15, 0.2) is 37.1 Å². The Morgan fingerprint density at radius 3 is 2.25 bits per heavy atom. The zero-order valence-electron chi connectivity index (χ0n) is 15.4. The van der Waals surface area contributed by atoms with Gasteiger partial charge in [0.15, 0.2) is 0 Å². The molecule has 0 radical (unpaired) electrons. The number of hydrogen-bond acceptors (Lipinski definition) is 3. The number of amides is 2. The number of piperidine rings is 1. The molecule has 0 aromatic heterocycles. The average Bonchev–Trinajstić information content (AvgIpc) is 2.81. The lowest BCUT2D eigenvalue weighted by Crippen LogP contribution is -2.48. The number of carbonyl (C=O) groups excluding carboxylic acids is 2. The smallest absolute Gasteiger partial charge is 0.410 e. The van der Waals surface area contributed by atoms with Crippen molar-refractivity contribution < 1.29 is 14.3 Å². The van der Waals surface area contributed by atoms with Gasteiger partial charge in [0.2, 0.25) is 5.91 Å². The summed E-state index contributed by atoms with van der Waals surface area (Å²) < 4.78 is 5.40. The molecule has 0 spiro atoms. The number of allylic oxidation sites excluding steroid dienone is 1. The Balaban J connectivity index is 0.00000139. The Kier molecular flexibility index (Phi) is 6.81. The van der Waals surface area contributed by atoms with E-state index in [2.05, 4.69) is 19.7 Å². The Hall–Kier alpha value is -2.04. The quantitative estimate of drug-likeness (QED) is 0.720. The molecule has 24 heavy (non-hydrogen) atoms. The standard InChI is InChI=1S/C17H26N2O3.C2H4/c1-6-14-12(2)11-15(20)19(14)13-7-9-18(10-8-13)16(21)22-17(3,4)5;1-2/h6,13H,1,7-11H2,2-5H3;1-2H2. The summed E-state index contributed by atoms with van der Waals surface area (Å²) in [5, 5.41) is 0. The molecule has 5 heteroatoms. The molecule has 2 aliphatic heterocycles. The van der Waals surface area contributed by atoms with Gasteiger partial charge < -0.3 is 14.5 Å². The first-order valence-corrected chi connectivity index (χ1v) is 8.35. The molecule has 5 nitrogen and oxygen atoms in total. The van der Waals surface area contributed by atoms with Crippen molar-refractivity contribution >= 4 is 12.0 Å². The third-order valence-electron chi connectivity index (χ3n) is 4.06. The monoisotopic (exact) mass is 334 g/mol. The van der Waals surface area contributed by atoms with Crippen LogP contribution < -0.4 is 0 Å². The largest absolute Gasteiger partial charge is 0.444 e. The average molecular weight is 334 g/mol. The van der Waals surface area contributed by atoms with E-state index in [0.717, 1.165) is 24.1 Å². The fourth-order valence-electron chi connectivity index (χ4n) is 3.05. The van der Waals surface area contributed by atoms with Gasteiger partial charge in [-0.25, -0.2) is 4.79 Å². The van der Waals surface area contributed by atoms with E-state index < -0.39 is 5.60 Å². The lowest BCUT2D eigenvalue weighted by molar-refractivity contribution is -0.129. The predicted molar refractivity (Wildman–Crippen MR) is 96.4 cm³/mol. The molecular weight excluding hydrogens is 304 g/mol. The summed E-state index contributed by atoms with van der Waals surface area (Å²) in [6.45, 7) is 18.6. The van der Waals surface area contributed by atoms with Gasteiger partial charge in [-0.15, -0.1) is 13.2 Å².